The van der Waals surface area contributed by atoms with Crippen LogP contribution in [0.4, 0.5) is 0 Å². The second kappa shape index (κ2) is 3.37. The predicted octanol–water partition coefficient (Wildman–Crippen LogP) is 2.78. The van der Waals surface area contributed by atoms with E-state index in [9.17, 15) is 4.79 Å². The summed E-state index contributed by atoms with van der Waals surface area (Å²) in [6.45, 7) is 6.49. The van der Waals surface area contributed by atoms with E-state index in [0.717, 1.165) is 11.3 Å². The van der Waals surface area contributed by atoms with Crippen molar-refractivity contribution in [1.82, 2.24) is 0 Å². The van der Waals surface area contributed by atoms with Gasteiger partial charge in [-0.15, -0.1) is 0 Å². The quantitative estimate of drug-likeness (QED) is 0.649. The van der Waals surface area contributed by atoms with E-state index in [-0.39, 0.29) is 23.7 Å². The predicted molar refractivity (Wildman–Crippen MR) is 59.1 cm³/mol. The van der Waals surface area contributed by atoms with Crippen LogP contribution in [0.2, 0.25) is 0 Å². The van der Waals surface area contributed by atoms with Crippen LogP contribution in [0.15, 0.2) is 24.3 Å². The molecule has 0 spiro atoms. The topological polar surface area (TPSA) is 26.3 Å². The highest BCUT2D eigenvalue weighted by atomic mass is 16.5. The Balaban J connectivity index is 2.51. The lowest BCUT2D eigenvalue weighted by atomic mass is 9.73. The molecule has 80 valence electrons. The molecule has 0 aromatic heterocycles. The Morgan fingerprint density at radius 3 is 2.60 bits per heavy atom. The van der Waals surface area contributed by atoms with Gasteiger partial charge < -0.3 is 4.74 Å². The number of hydrogen-bond acceptors (Lipinski definition) is 2. The average molecular weight is 204 g/mol. The number of carbonyl (C=O) groups is 1. The van der Waals surface area contributed by atoms with Gasteiger partial charge in [0.15, 0.2) is 5.78 Å². The van der Waals surface area contributed by atoms with E-state index in [0.29, 0.717) is 0 Å². The van der Waals surface area contributed by atoms with Crippen LogP contribution in [-0.2, 0) is 4.79 Å². The highest BCUT2D eigenvalue weighted by molar-refractivity contribution is 5.90. The average Bonchev–Trinajstić information content (AvgIpc) is 2.15. The fourth-order valence-corrected chi connectivity index (χ4v) is 2.21. The Bertz CT molecular complexity index is 388. The third-order valence-corrected chi connectivity index (χ3v) is 2.79. The largest absolute Gasteiger partial charge is 0.486 e. The van der Waals surface area contributed by atoms with Crippen molar-refractivity contribution >= 4 is 5.78 Å². The van der Waals surface area contributed by atoms with E-state index in [1.54, 1.807) is 0 Å². The molecule has 1 aromatic rings. The standard InChI is InChI=1S/C13H16O2/c1-13(2,3)12-9-6-4-5-7-11(9)15-8-10(12)14/h4-7,12H,8H2,1-3H3. The van der Waals surface area contributed by atoms with Crippen LogP contribution in [0.25, 0.3) is 0 Å². The maximum atomic E-state index is 11.9. The van der Waals surface area contributed by atoms with Crippen LogP contribution >= 0.6 is 0 Å². The number of Topliss-reactive ketones (excluding diaryl/α,β-unsaturated/α-hetero) is 1. The maximum absolute atomic E-state index is 11.9. The molecule has 2 rings (SSSR count). The lowest BCUT2D eigenvalue weighted by Crippen LogP contribution is -2.34. The minimum absolute atomic E-state index is 0.0394. The van der Waals surface area contributed by atoms with Gasteiger partial charge in [-0.1, -0.05) is 39.0 Å². The summed E-state index contributed by atoms with van der Waals surface area (Å²) in [5.41, 5.74) is 0.984. The molecule has 0 saturated carbocycles. The van der Waals surface area contributed by atoms with E-state index in [1.807, 2.05) is 24.3 Å². The molecule has 0 amide bonds. The SMILES string of the molecule is CC(C)(C)C1C(=O)COc2ccccc21. The molecule has 1 aliphatic heterocycles. The molecule has 1 aliphatic rings. The molecule has 1 unspecified atom stereocenters. The lowest BCUT2D eigenvalue weighted by Gasteiger charge is -2.34. The summed E-state index contributed by atoms with van der Waals surface area (Å²) in [5.74, 6) is 1.00. The molecule has 1 heterocycles. The first kappa shape index (κ1) is 10.2. The summed E-state index contributed by atoms with van der Waals surface area (Å²) in [6.07, 6.45) is 0. The molecule has 1 atom stereocenters. The molecule has 0 aliphatic carbocycles. The van der Waals surface area contributed by atoms with Gasteiger partial charge in [-0.25, -0.2) is 0 Å². The zero-order valence-electron chi connectivity index (χ0n) is 9.41. The van der Waals surface area contributed by atoms with Gasteiger partial charge in [0.05, 0.1) is 5.92 Å². The third-order valence-electron chi connectivity index (χ3n) is 2.79. The Morgan fingerprint density at radius 2 is 1.93 bits per heavy atom. The van der Waals surface area contributed by atoms with Crippen molar-refractivity contribution in [3.8, 4) is 5.75 Å². The second-order valence-corrected chi connectivity index (χ2v) is 5.09. The van der Waals surface area contributed by atoms with Gasteiger partial charge in [0.1, 0.15) is 12.4 Å². The Morgan fingerprint density at radius 1 is 1.27 bits per heavy atom. The van der Waals surface area contributed by atoms with Crippen LogP contribution < -0.4 is 4.74 Å². The third kappa shape index (κ3) is 1.76. The van der Waals surface area contributed by atoms with E-state index in [2.05, 4.69) is 20.8 Å². The van der Waals surface area contributed by atoms with Crippen LogP contribution in [-0.4, -0.2) is 12.4 Å². The monoisotopic (exact) mass is 204 g/mol. The minimum Gasteiger partial charge on any atom is -0.486 e. The van der Waals surface area contributed by atoms with Gasteiger partial charge in [0.25, 0.3) is 0 Å². The zero-order chi connectivity index (χ0) is 11.1. The summed E-state index contributed by atoms with van der Waals surface area (Å²) >= 11 is 0. The summed E-state index contributed by atoms with van der Waals surface area (Å²) in [7, 11) is 0. The molecule has 15 heavy (non-hydrogen) atoms. The first-order valence-electron chi connectivity index (χ1n) is 5.24. The van der Waals surface area contributed by atoms with E-state index in [4.69, 9.17) is 4.74 Å². The molecule has 0 radical (unpaired) electrons. The van der Waals surface area contributed by atoms with Crippen molar-refractivity contribution in [2.45, 2.75) is 26.7 Å². The van der Waals surface area contributed by atoms with Crippen molar-refractivity contribution in [3.63, 3.8) is 0 Å². The molecule has 0 N–H and O–H groups in total. The number of ketones is 1. The summed E-state index contributed by atoms with van der Waals surface area (Å²) in [5, 5.41) is 0. The van der Waals surface area contributed by atoms with Crippen LogP contribution in [0.1, 0.15) is 32.3 Å². The number of hydrogen-bond donors (Lipinski definition) is 0. The van der Waals surface area contributed by atoms with Crippen molar-refractivity contribution < 1.29 is 9.53 Å². The van der Waals surface area contributed by atoms with Crippen molar-refractivity contribution in [1.29, 1.82) is 0 Å². The molecule has 0 bridgehead atoms. The van der Waals surface area contributed by atoms with Gasteiger partial charge in [0, 0.05) is 5.56 Å². The number of fused-ring (bicyclic) bond motifs is 1. The molecule has 1 aromatic carbocycles. The summed E-state index contributed by atoms with van der Waals surface area (Å²) in [4.78, 5) is 11.9. The van der Waals surface area contributed by atoms with Gasteiger partial charge in [-0.2, -0.15) is 0 Å². The number of rotatable bonds is 0. The molecule has 0 fully saturated rings. The van der Waals surface area contributed by atoms with Crippen LogP contribution in [0.3, 0.4) is 0 Å². The second-order valence-electron chi connectivity index (χ2n) is 5.09. The lowest BCUT2D eigenvalue weighted by molar-refractivity contribution is -0.126. The van der Waals surface area contributed by atoms with E-state index < -0.39 is 0 Å². The molecule has 0 saturated heterocycles. The maximum Gasteiger partial charge on any atom is 0.178 e. The highest BCUT2D eigenvalue weighted by Crippen LogP contribution is 2.42. The number of benzene rings is 1. The minimum atomic E-state index is -0.0447. The number of ether oxygens (including phenoxy) is 1. The fourth-order valence-electron chi connectivity index (χ4n) is 2.21. The van der Waals surface area contributed by atoms with Crippen molar-refractivity contribution in [3.05, 3.63) is 29.8 Å². The normalized spacial score (nSPS) is 20.7. The molecular weight excluding hydrogens is 188 g/mol. The van der Waals surface area contributed by atoms with Gasteiger partial charge in [-0.3, -0.25) is 4.79 Å². The van der Waals surface area contributed by atoms with Crippen molar-refractivity contribution in [2.75, 3.05) is 6.61 Å². The molecule has 2 heteroatoms. The van der Waals surface area contributed by atoms with Gasteiger partial charge >= 0.3 is 0 Å². The first-order valence-corrected chi connectivity index (χ1v) is 5.24. The summed E-state index contributed by atoms with van der Waals surface area (Å²) in [6, 6.07) is 7.82. The van der Waals surface area contributed by atoms with Crippen molar-refractivity contribution in [2.24, 2.45) is 5.41 Å². The molecular formula is C13H16O2. The summed E-state index contributed by atoms with van der Waals surface area (Å²) < 4.78 is 5.41. The van der Waals surface area contributed by atoms with Crippen LogP contribution in [0, 0.1) is 5.41 Å². The van der Waals surface area contributed by atoms with Gasteiger partial charge in [-0.05, 0) is 11.5 Å². The molecule has 2 nitrogen and oxygen atoms in total. The number of carbonyl (C=O) groups excluding carboxylic acids is 1. The smallest absolute Gasteiger partial charge is 0.178 e. The Kier molecular flexibility index (Phi) is 2.29. The number of para-hydroxylation sites is 1. The highest BCUT2D eigenvalue weighted by Gasteiger charge is 2.37. The Labute approximate surface area is 90.3 Å². The van der Waals surface area contributed by atoms with Gasteiger partial charge in [0.2, 0.25) is 0 Å². The fraction of sp³-hybridized carbons (Fsp3) is 0.462. The Hall–Kier alpha value is -1.31. The van der Waals surface area contributed by atoms with E-state index >= 15 is 0 Å². The first-order chi connectivity index (χ1) is 7.00. The van der Waals surface area contributed by atoms with Crippen LogP contribution in [0.5, 0.6) is 5.75 Å². The zero-order valence-corrected chi connectivity index (χ0v) is 9.41. The van der Waals surface area contributed by atoms with E-state index in [1.165, 1.54) is 0 Å².